The van der Waals surface area contributed by atoms with Crippen molar-refractivity contribution in [1.82, 2.24) is 0 Å². The van der Waals surface area contributed by atoms with Crippen LogP contribution in [0.25, 0.3) is 0 Å². The molecule has 0 spiro atoms. The molecule has 1 radical (unpaired) electrons. The predicted molar refractivity (Wildman–Crippen MR) is 74.5 cm³/mol. The van der Waals surface area contributed by atoms with Crippen LogP contribution in [0, 0.1) is 6.08 Å². The highest BCUT2D eigenvalue weighted by molar-refractivity contribution is 4.87. The molecule has 0 aromatic heterocycles. The summed E-state index contributed by atoms with van der Waals surface area (Å²) < 4.78 is 0. The molecule has 0 saturated carbocycles. The van der Waals surface area contributed by atoms with Crippen LogP contribution < -0.4 is 0 Å². The fourth-order valence-electron chi connectivity index (χ4n) is 1.64. The van der Waals surface area contributed by atoms with E-state index in [-0.39, 0.29) is 0 Å². The first kappa shape index (κ1) is 15.5. The Morgan fingerprint density at radius 1 is 0.750 bits per heavy atom. The van der Waals surface area contributed by atoms with E-state index in [1.165, 1.54) is 57.8 Å². The molecule has 0 aliphatic heterocycles. The molecule has 0 rings (SSSR count). The van der Waals surface area contributed by atoms with Crippen molar-refractivity contribution in [2.45, 2.75) is 78.1 Å². The topological polar surface area (TPSA) is 0 Å². The lowest BCUT2D eigenvalue weighted by molar-refractivity contribution is 0.673. The number of rotatable bonds is 11. The summed E-state index contributed by atoms with van der Waals surface area (Å²) in [6.07, 6.45) is 23.0. The van der Waals surface area contributed by atoms with Crippen molar-refractivity contribution in [3.05, 3.63) is 24.3 Å². The van der Waals surface area contributed by atoms with Gasteiger partial charge in [0.2, 0.25) is 0 Å². The molecule has 0 N–H and O–H groups in total. The van der Waals surface area contributed by atoms with Gasteiger partial charge in [0, 0.05) is 0 Å². The highest BCUT2D eigenvalue weighted by Crippen LogP contribution is 2.03. The molecule has 0 unspecified atom stereocenters. The van der Waals surface area contributed by atoms with Crippen molar-refractivity contribution >= 4 is 0 Å². The van der Waals surface area contributed by atoms with Crippen LogP contribution in [0.3, 0.4) is 0 Å². The van der Waals surface area contributed by atoms with E-state index in [1.54, 1.807) is 0 Å². The smallest absolute Gasteiger partial charge is 0.00979 e. The van der Waals surface area contributed by atoms with Gasteiger partial charge in [0.05, 0.1) is 0 Å². The zero-order valence-electron chi connectivity index (χ0n) is 11.3. The molecule has 93 valence electrons. The third-order valence-corrected chi connectivity index (χ3v) is 2.72. The molecule has 0 heteroatoms. The molecule has 0 heterocycles. The van der Waals surface area contributed by atoms with Crippen LogP contribution in [0.15, 0.2) is 18.2 Å². The summed E-state index contributed by atoms with van der Waals surface area (Å²) in [5, 5.41) is 0. The first-order chi connectivity index (χ1) is 7.91. The molecule has 0 bridgehead atoms. The van der Waals surface area contributed by atoms with Crippen LogP contribution in [0.5, 0.6) is 0 Å². The lowest BCUT2D eigenvalue weighted by atomic mass is 10.1. The maximum atomic E-state index is 3.34. The summed E-state index contributed by atoms with van der Waals surface area (Å²) in [5.41, 5.74) is 0. The van der Waals surface area contributed by atoms with Crippen molar-refractivity contribution in [3.8, 4) is 0 Å². The first-order valence-electron chi connectivity index (χ1n) is 7.11. The Kier molecular flexibility index (Phi) is 14.0. The number of hydrogen-bond acceptors (Lipinski definition) is 0. The van der Waals surface area contributed by atoms with Crippen LogP contribution in [-0.2, 0) is 0 Å². The van der Waals surface area contributed by atoms with Gasteiger partial charge in [0.1, 0.15) is 0 Å². The highest BCUT2D eigenvalue weighted by atomic mass is 13.9. The Labute approximate surface area is 103 Å². The molecule has 0 aliphatic carbocycles. The molecule has 0 atom stereocenters. The van der Waals surface area contributed by atoms with E-state index in [1.807, 2.05) is 0 Å². The molecule has 0 aliphatic rings. The molecular formula is C16H29. The monoisotopic (exact) mass is 221 g/mol. The summed E-state index contributed by atoms with van der Waals surface area (Å²) in [5.74, 6) is 0. The fourth-order valence-corrected chi connectivity index (χ4v) is 1.64. The summed E-state index contributed by atoms with van der Waals surface area (Å²) in [7, 11) is 0. The Morgan fingerprint density at radius 3 is 2.19 bits per heavy atom. The lowest BCUT2D eigenvalue weighted by Crippen LogP contribution is -1.74. The van der Waals surface area contributed by atoms with Gasteiger partial charge in [-0.15, -0.1) is 0 Å². The molecule has 16 heavy (non-hydrogen) atoms. The summed E-state index contributed by atoms with van der Waals surface area (Å²) >= 11 is 0. The average molecular weight is 221 g/mol. The van der Waals surface area contributed by atoms with Crippen molar-refractivity contribution < 1.29 is 0 Å². The van der Waals surface area contributed by atoms with E-state index in [0.29, 0.717) is 0 Å². The Balaban J connectivity index is 3.14. The van der Waals surface area contributed by atoms with E-state index in [4.69, 9.17) is 0 Å². The molecule has 0 aromatic carbocycles. The standard InChI is InChI=1S/C16H29/c1-3-5-7-9-11-13-15-16-14-12-10-8-6-4-2/h11,13-14H,3-10,12,15H2,1-2H3. The number of unbranched alkanes of at least 4 members (excludes halogenated alkanes) is 7. The Morgan fingerprint density at radius 2 is 1.44 bits per heavy atom. The van der Waals surface area contributed by atoms with Crippen LogP contribution in [-0.4, -0.2) is 0 Å². The lowest BCUT2D eigenvalue weighted by Gasteiger charge is -1.93. The van der Waals surface area contributed by atoms with E-state index < -0.39 is 0 Å². The SMILES string of the molecule is CCCCCC=CC/[C]=C/CCCCCC. The molecule has 0 nitrogen and oxygen atoms in total. The Bertz CT molecular complexity index is 165. The van der Waals surface area contributed by atoms with Crippen LogP contribution in [0.4, 0.5) is 0 Å². The molecule has 0 saturated heterocycles. The fraction of sp³-hybridized carbons (Fsp3) is 0.750. The number of hydrogen-bond donors (Lipinski definition) is 0. The Hall–Kier alpha value is -0.520. The normalized spacial score (nSPS) is 11.9. The number of allylic oxidation sites excluding steroid dienone is 4. The van der Waals surface area contributed by atoms with E-state index >= 15 is 0 Å². The largest absolute Gasteiger partial charge is 0.0882 e. The van der Waals surface area contributed by atoms with Gasteiger partial charge in [-0.2, -0.15) is 0 Å². The van der Waals surface area contributed by atoms with Gasteiger partial charge in [0.15, 0.2) is 0 Å². The van der Waals surface area contributed by atoms with Gasteiger partial charge in [-0.3, -0.25) is 0 Å². The van der Waals surface area contributed by atoms with Gasteiger partial charge >= 0.3 is 0 Å². The molecular weight excluding hydrogens is 192 g/mol. The van der Waals surface area contributed by atoms with Gasteiger partial charge in [-0.25, -0.2) is 0 Å². The maximum absolute atomic E-state index is 3.34. The van der Waals surface area contributed by atoms with Gasteiger partial charge in [0.25, 0.3) is 0 Å². The van der Waals surface area contributed by atoms with Crippen LogP contribution >= 0.6 is 0 Å². The first-order valence-corrected chi connectivity index (χ1v) is 7.11. The van der Waals surface area contributed by atoms with Crippen molar-refractivity contribution in [2.24, 2.45) is 0 Å². The second-order valence-corrected chi connectivity index (χ2v) is 4.43. The van der Waals surface area contributed by atoms with Crippen molar-refractivity contribution in [3.63, 3.8) is 0 Å². The van der Waals surface area contributed by atoms with Gasteiger partial charge in [-0.05, 0) is 38.2 Å². The average Bonchev–Trinajstić information content (AvgIpc) is 2.31. The maximum Gasteiger partial charge on any atom is -0.00979 e. The quantitative estimate of drug-likeness (QED) is 0.303. The minimum Gasteiger partial charge on any atom is -0.0882 e. The summed E-state index contributed by atoms with van der Waals surface area (Å²) in [4.78, 5) is 0. The van der Waals surface area contributed by atoms with Crippen LogP contribution in [0.2, 0.25) is 0 Å². The third-order valence-electron chi connectivity index (χ3n) is 2.72. The van der Waals surface area contributed by atoms with Gasteiger partial charge in [-0.1, -0.05) is 64.2 Å². The van der Waals surface area contributed by atoms with Crippen molar-refractivity contribution in [2.75, 3.05) is 0 Å². The predicted octanol–water partition coefficient (Wildman–Crippen LogP) is 5.84. The van der Waals surface area contributed by atoms with E-state index in [9.17, 15) is 0 Å². The van der Waals surface area contributed by atoms with Crippen molar-refractivity contribution in [1.29, 1.82) is 0 Å². The summed E-state index contributed by atoms with van der Waals surface area (Å²) in [6, 6.07) is 0. The molecule has 0 aromatic rings. The van der Waals surface area contributed by atoms with Gasteiger partial charge < -0.3 is 0 Å². The van der Waals surface area contributed by atoms with Crippen LogP contribution in [0.1, 0.15) is 78.1 Å². The minimum atomic E-state index is 1.000. The zero-order valence-corrected chi connectivity index (χ0v) is 11.3. The zero-order chi connectivity index (χ0) is 11.9. The highest BCUT2D eigenvalue weighted by Gasteiger charge is 1.84. The second-order valence-electron chi connectivity index (χ2n) is 4.43. The summed E-state index contributed by atoms with van der Waals surface area (Å²) in [6.45, 7) is 4.50. The molecule has 0 fully saturated rings. The van der Waals surface area contributed by atoms with E-state index in [0.717, 1.165) is 6.42 Å². The minimum absolute atomic E-state index is 1.000. The third kappa shape index (κ3) is 13.5. The van der Waals surface area contributed by atoms with E-state index in [2.05, 4.69) is 38.2 Å². The second kappa shape index (κ2) is 14.5. The molecule has 0 amide bonds.